The lowest BCUT2D eigenvalue weighted by Gasteiger charge is -2.10. The van der Waals surface area contributed by atoms with Crippen LogP contribution in [0.2, 0.25) is 0 Å². The van der Waals surface area contributed by atoms with Gasteiger partial charge in [0.15, 0.2) is 0 Å². The number of carboxylic acids is 1. The third kappa shape index (κ3) is 3.06. The maximum absolute atomic E-state index is 11.6. The van der Waals surface area contributed by atoms with Crippen LogP contribution in [0, 0.1) is 0 Å². The highest BCUT2D eigenvalue weighted by Crippen LogP contribution is 2.09. The predicted octanol–water partition coefficient (Wildman–Crippen LogP) is 0.163. The Morgan fingerprint density at radius 3 is 2.67 bits per heavy atom. The highest BCUT2D eigenvalue weighted by Gasteiger charge is 2.30. The molecule has 0 aromatic heterocycles. The number of carboxylic acid groups (broad SMARTS) is 1. The molecule has 1 fully saturated rings. The number of benzene rings is 1. The van der Waals surface area contributed by atoms with Crippen LogP contribution in [0.25, 0.3) is 0 Å². The Morgan fingerprint density at radius 1 is 1.33 bits per heavy atom. The summed E-state index contributed by atoms with van der Waals surface area (Å²) in [6.07, 6.45) is 0.0171. The molecule has 6 nitrogen and oxygen atoms in total. The summed E-state index contributed by atoms with van der Waals surface area (Å²) in [5.74, 6) is -1.25. The first kappa shape index (κ1) is 12.5. The molecule has 0 saturated carbocycles. The zero-order valence-corrected chi connectivity index (χ0v) is 9.63. The zero-order valence-electron chi connectivity index (χ0n) is 9.63. The highest BCUT2D eigenvalue weighted by molar-refractivity contribution is 5.93. The van der Waals surface area contributed by atoms with Crippen molar-refractivity contribution >= 4 is 11.9 Å². The predicted molar refractivity (Wildman–Crippen MR) is 62.8 cm³/mol. The topological polar surface area (TPSA) is 87.7 Å². The van der Waals surface area contributed by atoms with Gasteiger partial charge in [-0.1, -0.05) is 18.2 Å². The summed E-state index contributed by atoms with van der Waals surface area (Å²) in [5, 5.41) is 11.6. The highest BCUT2D eigenvalue weighted by atomic mass is 16.7. The lowest BCUT2D eigenvalue weighted by Crippen LogP contribution is -2.30. The van der Waals surface area contributed by atoms with E-state index < -0.39 is 12.0 Å². The second kappa shape index (κ2) is 5.61. The van der Waals surface area contributed by atoms with Gasteiger partial charge in [0.2, 0.25) is 0 Å². The summed E-state index contributed by atoms with van der Waals surface area (Å²) in [6, 6.07) is 8.07. The molecule has 2 unspecified atom stereocenters. The fraction of sp³-hybridized carbons (Fsp3) is 0.333. The van der Waals surface area contributed by atoms with Crippen LogP contribution < -0.4 is 10.8 Å². The lowest BCUT2D eigenvalue weighted by atomic mass is 10.2. The van der Waals surface area contributed by atoms with E-state index in [2.05, 4.69) is 10.8 Å². The van der Waals surface area contributed by atoms with E-state index in [1.807, 2.05) is 6.07 Å². The third-order valence-electron chi connectivity index (χ3n) is 2.74. The van der Waals surface area contributed by atoms with E-state index >= 15 is 0 Å². The molecule has 1 heterocycles. The molecule has 1 aromatic carbocycles. The number of amides is 1. The van der Waals surface area contributed by atoms with E-state index in [9.17, 15) is 9.59 Å². The van der Waals surface area contributed by atoms with Gasteiger partial charge in [-0.25, -0.2) is 5.48 Å². The van der Waals surface area contributed by atoms with Crippen LogP contribution in [0.5, 0.6) is 0 Å². The quantitative estimate of drug-likeness (QED) is 0.663. The normalized spacial score (nSPS) is 22.7. The number of rotatable bonds is 4. The van der Waals surface area contributed by atoms with E-state index in [1.54, 1.807) is 24.3 Å². The van der Waals surface area contributed by atoms with E-state index in [0.29, 0.717) is 18.5 Å². The van der Waals surface area contributed by atoms with Gasteiger partial charge in [0.1, 0.15) is 6.04 Å². The molecule has 0 aliphatic carbocycles. The zero-order chi connectivity index (χ0) is 13.0. The summed E-state index contributed by atoms with van der Waals surface area (Å²) < 4.78 is 0. The molecular weight excluding hydrogens is 236 g/mol. The molecule has 2 atom stereocenters. The first-order valence-electron chi connectivity index (χ1n) is 5.64. The van der Waals surface area contributed by atoms with Crippen LogP contribution in [-0.4, -0.2) is 35.7 Å². The Balaban J connectivity index is 1.79. The van der Waals surface area contributed by atoms with Crippen LogP contribution in [0.15, 0.2) is 30.3 Å². The van der Waals surface area contributed by atoms with Crippen molar-refractivity contribution in [2.24, 2.45) is 0 Å². The average Bonchev–Trinajstić information content (AvgIpc) is 2.86. The maximum Gasteiger partial charge on any atom is 0.320 e. The Bertz CT molecular complexity index is 435. The number of hydrogen-bond acceptors (Lipinski definition) is 4. The molecule has 96 valence electrons. The summed E-state index contributed by atoms with van der Waals surface area (Å²) in [7, 11) is 0. The number of hydrogen-bond donors (Lipinski definition) is 3. The molecule has 1 amide bonds. The lowest BCUT2D eigenvalue weighted by molar-refractivity contribution is -0.139. The third-order valence-corrected chi connectivity index (χ3v) is 2.74. The molecule has 1 aromatic rings. The molecule has 0 bridgehead atoms. The Labute approximate surface area is 104 Å². The monoisotopic (exact) mass is 250 g/mol. The van der Waals surface area contributed by atoms with Crippen LogP contribution >= 0.6 is 0 Å². The van der Waals surface area contributed by atoms with Gasteiger partial charge in [-0.05, 0) is 12.1 Å². The smallest absolute Gasteiger partial charge is 0.320 e. The van der Waals surface area contributed by atoms with E-state index in [-0.39, 0.29) is 12.0 Å². The van der Waals surface area contributed by atoms with Crippen molar-refractivity contribution in [3.63, 3.8) is 0 Å². The van der Waals surface area contributed by atoms with Crippen molar-refractivity contribution in [2.75, 3.05) is 6.54 Å². The Kier molecular flexibility index (Phi) is 3.91. The summed E-state index contributed by atoms with van der Waals surface area (Å²) in [5.41, 5.74) is 2.83. The van der Waals surface area contributed by atoms with Crippen molar-refractivity contribution in [2.45, 2.75) is 18.6 Å². The fourth-order valence-electron chi connectivity index (χ4n) is 1.77. The number of hydroxylamine groups is 1. The summed E-state index contributed by atoms with van der Waals surface area (Å²) in [4.78, 5) is 27.5. The van der Waals surface area contributed by atoms with Crippen LogP contribution in [0.1, 0.15) is 16.8 Å². The average molecular weight is 250 g/mol. The standard InChI is InChI=1S/C12H14N2O4/c15-11(8-4-2-1-3-5-8)14-18-9-6-10(12(16)17)13-7-9/h1-5,9-10,13H,6-7H2,(H,14,15)(H,16,17). The molecule has 1 saturated heterocycles. The molecule has 0 spiro atoms. The Hall–Kier alpha value is -1.92. The van der Waals surface area contributed by atoms with Gasteiger partial charge < -0.3 is 10.4 Å². The van der Waals surface area contributed by atoms with Gasteiger partial charge in [0, 0.05) is 18.5 Å². The van der Waals surface area contributed by atoms with E-state index in [0.717, 1.165) is 0 Å². The van der Waals surface area contributed by atoms with Crippen LogP contribution in [-0.2, 0) is 9.63 Å². The minimum atomic E-state index is -0.907. The first-order chi connectivity index (χ1) is 8.66. The van der Waals surface area contributed by atoms with Crippen molar-refractivity contribution in [1.82, 2.24) is 10.8 Å². The van der Waals surface area contributed by atoms with Crippen molar-refractivity contribution in [1.29, 1.82) is 0 Å². The van der Waals surface area contributed by atoms with Gasteiger partial charge >= 0.3 is 5.97 Å². The van der Waals surface area contributed by atoms with Gasteiger partial charge in [-0.15, -0.1) is 0 Å². The Morgan fingerprint density at radius 2 is 2.06 bits per heavy atom. The van der Waals surface area contributed by atoms with Gasteiger partial charge in [0.25, 0.3) is 5.91 Å². The number of aliphatic carboxylic acids is 1. The molecule has 2 rings (SSSR count). The molecule has 3 N–H and O–H groups in total. The molecule has 18 heavy (non-hydrogen) atoms. The maximum atomic E-state index is 11.6. The SMILES string of the molecule is O=C(NOC1CNC(C(=O)O)C1)c1ccccc1. The minimum Gasteiger partial charge on any atom is -0.480 e. The van der Waals surface area contributed by atoms with Gasteiger partial charge in [-0.2, -0.15) is 0 Å². The summed E-state index contributed by atoms with van der Waals surface area (Å²) >= 11 is 0. The van der Waals surface area contributed by atoms with E-state index in [4.69, 9.17) is 9.94 Å². The number of nitrogens with one attached hydrogen (secondary N) is 2. The van der Waals surface area contributed by atoms with Gasteiger partial charge in [-0.3, -0.25) is 14.4 Å². The molecule has 1 aliphatic rings. The van der Waals surface area contributed by atoms with Crippen LogP contribution in [0.3, 0.4) is 0 Å². The largest absolute Gasteiger partial charge is 0.480 e. The van der Waals surface area contributed by atoms with Crippen molar-refractivity contribution in [3.8, 4) is 0 Å². The fourth-order valence-corrected chi connectivity index (χ4v) is 1.77. The first-order valence-corrected chi connectivity index (χ1v) is 5.64. The van der Waals surface area contributed by atoms with Crippen molar-refractivity contribution < 1.29 is 19.5 Å². The molecule has 1 aliphatic heterocycles. The minimum absolute atomic E-state index is 0.321. The molecule has 0 radical (unpaired) electrons. The van der Waals surface area contributed by atoms with Crippen LogP contribution in [0.4, 0.5) is 0 Å². The second-order valence-corrected chi connectivity index (χ2v) is 4.07. The van der Waals surface area contributed by atoms with E-state index in [1.165, 1.54) is 0 Å². The van der Waals surface area contributed by atoms with Crippen molar-refractivity contribution in [3.05, 3.63) is 35.9 Å². The number of carbonyl (C=O) groups is 2. The van der Waals surface area contributed by atoms with Gasteiger partial charge in [0.05, 0.1) is 6.10 Å². The molecule has 6 heteroatoms. The molecular formula is C12H14N2O4. The summed E-state index contributed by atoms with van der Waals surface area (Å²) in [6.45, 7) is 0.409. The second-order valence-electron chi connectivity index (χ2n) is 4.07. The number of carbonyl (C=O) groups excluding carboxylic acids is 1.